The number of hydrogen-bond donors (Lipinski definition) is 1. The Kier molecular flexibility index (Phi) is 9.29. The molecule has 0 radical (unpaired) electrons. The molecule has 5 heteroatoms. The number of aliphatic hydroxyl groups excluding tert-OH is 1. The monoisotopic (exact) mass is 339 g/mol. The zero-order valence-electron chi connectivity index (χ0n) is 15.7. The van der Waals surface area contributed by atoms with Gasteiger partial charge in [0.05, 0.1) is 25.4 Å². The van der Waals surface area contributed by atoms with Gasteiger partial charge in [-0.05, 0) is 44.9 Å². The van der Waals surface area contributed by atoms with Gasteiger partial charge in [-0.3, -0.25) is 4.90 Å². The smallest absolute Gasteiger partial charge is 0.118 e. The van der Waals surface area contributed by atoms with Crippen LogP contribution in [0.4, 0.5) is 0 Å². The first-order valence-electron chi connectivity index (χ1n) is 8.50. The van der Waals surface area contributed by atoms with Gasteiger partial charge >= 0.3 is 0 Å². The van der Waals surface area contributed by atoms with Crippen LogP contribution >= 0.6 is 0 Å². The van der Waals surface area contributed by atoms with Crippen molar-refractivity contribution in [2.45, 2.75) is 45.4 Å². The van der Waals surface area contributed by atoms with Gasteiger partial charge in [0.2, 0.25) is 0 Å². The van der Waals surface area contributed by atoms with Crippen LogP contribution in [0.3, 0.4) is 0 Å². The Bertz CT molecular complexity index is 442. The highest BCUT2D eigenvalue weighted by Gasteiger charge is 2.16. The fraction of sp³-hybridized carbons (Fsp3) is 0.684. The quantitative estimate of drug-likeness (QED) is 0.628. The third-order valence-corrected chi connectivity index (χ3v) is 3.57. The Morgan fingerprint density at radius 3 is 2.33 bits per heavy atom. The maximum Gasteiger partial charge on any atom is 0.118 e. The van der Waals surface area contributed by atoms with Gasteiger partial charge in [0.15, 0.2) is 0 Å². The second kappa shape index (κ2) is 10.7. The van der Waals surface area contributed by atoms with E-state index in [0.717, 1.165) is 25.3 Å². The molecule has 0 aromatic heterocycles. The highest BCUT2D eigenvalue weighted by Crippen LogP contribution is 2.14. The number of hydrogen-bond acceptors (Lipinski definition) is 5. The molecule has 0 aliphatic heterocycles. The molecule has 0 saturated carbocycles. The normalized spacial score (nSPS) is 13.3. The van der Waals surface area contributed by atoms with Crippen molar-refractivity contribution in [2.75, 3.05) is 40.5 Å². The molecule has 0 spiro atoms. The Morgan fingerprint density at radius 1 is 1.12 bits per heavy atom. The van der Waals surface area contributed by atoms with Crippen LogP contribution in [0.2, 0.25) is 0 Å². The molecule has 1 aromatic rings. The third-order valence-electron chi connectivity index (χ3n) is 3.57. The topological polar surface area (TPSA) is 51.2 Å². The van der Waals surface area contributed by atoms with E-state index in [2.05, 4.69) is 17.0 Å². The molecule has 0 amide bonds. The van der Waals surface area contributed by atoms with Crippen molar-refractivity contribution in [3.8, 4) is 5.75 Å². The summed E-state index contributed by atoms with van der Waals surface area (Å²) in [6.07, 6.45) is 0.421. The van der Waals surface area contributed by atoms with Crippen LogP contribution in [0.1, 0.15) is 32.8 Å². The van der Waals surface area contributed by atoms with Crippen LogP contribution in [0.5, 0.6) is 5.75 Å². The minimum Gasteiger partial charge on any atom is -0.497 e. The first kappa shape index (κ1) is 20.9. The average molecular weight is 339 g/mol. The molecule has 0 aliphatic carbocycles. The molecule has 0 bridgehead atoms. The van der Waals surface area contributed by atoms with E-state index in [0.29, 0.717) is 19.8 Å². The van der Waals surface area contributed by atoms with Crippen molar-refractivity contribution < 1.29 is 19.3 Å². The molecule has 0 heterocycles. The summed E-state index contributed by atoms with van der Waals surface area (Å²) in [5.74, 6) is 0.850. The summed E-state index contributed by atoms with van der Waals surface area (Å²) in [4.78, 5) is 2.23. The van der Waals surface area contributed by atoms with Gasteiger partial charge in [-0.25, -0.2) is 0 Å². The second-order valence-electron chi connectivity index (χ2n) is 7.01. The maximum absolute atomic E-state index is 10.3. The molecule has 138 valence electrons. The fourth-order valence-electron chi connectivity index (χ4n) is 2.35. The van der Waals surface area contributed by atoms with Gasteiger partial charge in [0.1, 0.15) is 5.75 Å². The second-order valence-corrected chi connectivity index (χ2v) is 7.01. The van der Waals surface area contributed by atoms with Crippen molar-refractivity contribution in [1.29, 1.82) is 0 Å². The Balaban J connectivity index is 2.57. The Labute approximate surface area is 146 Å². The SMILES string of the molecule is COCCCN(Cc1ccc(OC)cc1)CC(O)COC(C)(C)C. The molecular formula is C19H33NO4. The highest BCUT2D eigenvalue weighted by molar-refractivity contribution is 5.27. The maximum atomic E-state index is 10.3. The molecule has 1 atom stereocenters. The first-order valence-corrected chi connectivity index (χ1v) is 8.50. The van der Waals surface area contributed by atoms with E-state index in [9.17, 15) is 5.11 Å². The number of rotatable bonds is 11. The summed E-state index contributed by atoms with van der Waals surface area (Å²) < 4.78 is 16.0. The van der Waals surface area contributed by atoms with E-state index in [1.165, 1.54) is 5.56 Å². The van der Waals surface area contributed by atoms with E-state index < -0.39 is 6.10 Å². The molecule has 1 N–H and O–H groups in total. The predicted octanol–water partition coefficient (Wildman–Crippen LogP) is 2.71. The van der Waals surface area contributed by atoms with Crippen LogP contribution < -0.4 is 4.74 Å². The van der Waals surface area contributed by atoms with Crippen LogP contribution in [0.15, 0.2) is 24.3 Å². The lowest BCUT2D eigenvalue weighted by molar-refractivity contribution is -0.0569. The van der Waals surface area contributed by atoms with Crippen LogP contribution in [-0.2, 0) is 16.0 Å². The zero-order valence-corrected chi connectivity index (χ0v) is 15.7. The number of nitrogens with zero attached hydrogens (tertiary/aromatic N) is 1. The summed E-state index contributed by atoms with van der Waals surface area (Å²) >= 11 is 0. The summed E-state index contributed by atoms with van der Waals surface area (Å²) in [5.41, 5.74) is 0.954. The van der Waals surface area contributed by atoms with Gasteiger partial charge < -0.3 is 19.3 Å². The predicted molar refractivity (Wildman–Crippen MR) is 96.5 cm³/mol. The van der Waals surface area contributed by atoms with Crippen molar-refractivity contribution >= 4 is 0 Å². The summed E-state index contributed by atoms with van der Waals surface area (Å²) in [5, 5.41) is 10.3. The molecule has 24 heavy (non-hydrogen) atoms. The first-order chi connectivity index (χ1) is 11.3. The Morgan fingerprint density at radius 2 is 1.79 bits per heavy atom. The number of methoxy groups -OCH3 is 2. The van der Waals surface area contributed by atoms with Gasteiger partial charge in [0.25, 0.3) is 0 Å². The molecule has 0 aliphatic rings. The zero-order chi connectivity index (χ0) is 18.0. The molecule has 1 rings (SSSR count). The van der Waals surface area contributed by atoms with Crippen molar-refractivity contribution in [3.63, 3.8) is 0 Å². The summed E-state index contributed by atoms with van der Waals surface area (Å²) in [7, 11) is 3.37. The minimum atomic E-state index is -0.509. The minimum absolute atomic E-state index is 0.238. The third kappa shape index (κ3) is 9.23. The molecule has 1 unspecified atom stereocenters. The number of benzene rings is 1. The van der Waals surface area contributed by atoms with E-state index in [4.69, 9.17) is 14.2 Å². The Hall–Kier alpha value is -1.14. The van der Waals surface area contributed by atoms with Crippen molar-refractivity contribution in [2.24, 2.45) is 0 Å². The van der Waals surface area contributed by atoms with E-state index in [1.54, 1.807) is 14.2 Å². The lowest BCUT2D eigenvalue weighted by Gasteiger charge is -2.27. The molecular weight excluding hydrogens is 306 g/mol. The summed E-state index contributed by atoms with van der Waals surface area (Å²) in [6.45, 7) is 9.26. The lowest BCUT2D eigenvalue weighted by Crippen LogP contribution is -2.37. The van der Waals surface area contributed by atoms with Crippen LogP contribution in [0, 0.1) is 0 Å². The largest absolute Gasteiger partial charge is 0.497 e. The number of ether oxygens (including phenoxy) is 3. The van der Waals surface area contributed by atoms with Crippen LogP contribution in [-0.4, -0.2) is 62.2 Å². The van der Waals surface area contributed by atoms with Gasteiger partial charge in [-0.1, -0.05) is 12.1 Å². The van der Waals surface area contributed by atoms with E-state index in [-0.39, 0.29) is 5.60 Å². The standard InChI is InChI=1S/C19H33NO4/c1-19(2,3)24-15-17(21)14-20(11-6-12-22-4)13-16-7-9-18(23-5)10-8-16/h7-10,17,21H,6,11-15H2,1-5H3. The molecule has 5 nitrogen and oxygen atoms in total. The van der Waals surface area contributed by atoms with E-state index in [1.807, 2.05) is 32.9 Å². The fourth-order valence-corrected chi connectivity index (χ4v) is 2.35. The number of aliphatic hydroxyl groups is 1. The summed E-state index contributed by atoms with van der Waals surface area (Å²) in [6, 6.07) is 8.03. The molecule has 0 saturated heterocycles. The van der Waals surface area contributed by atoms with Gasteiger partial charge in [0, 0.05) is 33.4 Å². The van der Waals surface area contributed by atoms with Crippen molar-refractivity contribution in [3.05, 3.63) is 29.8 Å². The molecule has 0 fully saturated rings. The van der Waals surface area contributed by atoms with E-state index >= 15 is 0 Å². The van der Waals surface area contributed by atoms with Crippen molar-refractivity contribution in [1.82, 2.24) is 4.90 Å². The lowest BCUT2D eigenvalue weighted by atomic mass is 10.1. The van der Waals surface area contributed by atoms with Gasteiger partial charge in [-0.2, -0.15) is 0 Å². The highest BCUT2D eigenvalue weighted by atomic mass is 16.5. The molecule has 1 aromatic carbocycles. The average Bonchev–Trinajstić information content (AvgIpc) is 2.53. The van der Waals surface area contributed by atoms with Gasteiger partial charge in [-0.15, -0.1) is 0 Å². The van der Waals surface area contributed by atoms with Crippen LogP contribution in [0.25, 0.3) is 0 Å².